The zero-order chi connectivity index (χ0) is 14.8. The van der Waals surface area contributed by atoms with E-state index in [1.54, 1.807) is 0 Å². The number of hydrogen-bond donors (Lipinski definition) is 2. The molecule has 1 fully saturated rings. The Hall–Kier alpha value is -1.58. The Morgan fingerprint density at radius 1 is 1.24 bits per heavy atom. The van der Waals surface area contributed by atoms with Crippen LogP contribution in [0, 0.1) is 11.3 Å². The van der Waals surface area contributed by atoms with Crippen molar-refractivity contribution in [2.45, 2.75) is 64.4 Å². The van der Waals surface area contributed by atoms with E-state index >= 15 is 0 Å². The molecule has 0 amide bonds. The van der Waals surface area contributed by atoms with Crippen LogP contribution in [0.1, 0.15) is 62.3 Å². The Labute approximate surface area is 126 Å². The lowest BCUT2D eigenvalue weighted by Crippen LogP contribution is -2.26. The molecule has 0 unspecified atom stereocenters. The summed E-state index contributed by atoms with van der Waals surface area (Å²) in [6.07, 6.45) is 9.28. The van der Waals surface area contributed by atoms with E-state index in [2.05, 4.69) is 6.92 Å². The van der Waals surface area contributed by atoms with Gasteiger partial charge in [0.15, 0.2) is 0 Å². The predicted octanol–water partition coefficient (Wildman–Crippen LogP) is 3.20. The second kappa shape index (κ2) is 6.04. The number of hydrogen-bond acceptors (Lipinski definition) is 3. The number of aromatic nitrogens is 1. The molecule has 21 heavy (non-hydrogen) atoms. The van der Waals surface area contributed by atoms with Crippen molar-refractivity contribution in [1.29, 1.82) is 5.41 Å². The van der Waals surface area contributed by atoms with Crippen molar-refractivity contribution in [1.82, 2.24) is 4.98 Å². The highest BCUT2D eigenvalue weighted by Crippen LogP contribution is 2.30. The molecule has 0 radical (unpaired) electrons. The largest absolute Gasteiger partial charge is 0.474 e. The van der Waals surface area contributed by atoms with Crippen LogP contribution in [0.15, 0.2) is 6.07 Å². The summed E-state index contributed by atoms with van der Waals surface area (Å²) in [4.78, 5) is 4.70. The van der Waals surface area contributed by atoms with Gasteiger partial charge in [0.2, 0.25) is 5.88 Å². The van der Waals surface area contributed by atoms with E-state index in [9.17, 15) is 0 Å². The van der Waals surface area contributed by atoms with Crippen LogP contribution in [0.3, 0.4) is 0 Å². The molecule has 0 saturated heterocycles. The van der Waals surface area contributed by atoms with Crippen LogP contribution < -0.4 is 10.5 Å². The topological polar surface area (TPSA) is 72.0 Å². The third kappa shape index (κ3) is 3.20. The molecule has 1 saturated carbocycles. The lowest BCUT2D eigenvalue weighted by molar-refractivity contribution is 0.129. The number of pyridine rings is 1. The van der Waals surface area contributed by atoms with Gasteiger partial charge in [0.05, 0.1) is 5.56 Å². The molecule has 114 valence electrons. The SMILES string of the molecule is CC1CCC(Oc2nc3c(cc2C(=N)N)CCCC3)CC1. The molecule has 0 bridgehead atoms. The van der Waals surface area contributed by atoms with Gasteiger partial charge in [-0.25, -0.2) is 4.98 Å². The van der Waals surface area contributed by atoms with Crippen LogP contribution in [0.4, 0.5) is 0 Å². The summed E-state index contributed by atoms with van der Waals surface area (Å²) in [5.41, 5.74) is 8.80. The second-order valence-corrected chi connectivity index (χ2v) is 6.57. The van der Waals surface area contributed by atoms with Gasteiger partial charge in [0.1, 0.15) is 11.9 Å². The number of nitrogens with zero attached hydrogens (tertiary/aromatic N) is 1. The number of nitrogens with one attached hydrogen (secondary N) is 1. The molecular weight excluding hydrogens is 262 g/mol. The van der Waals surface area contributed by atoms with Crippen LogP contribution >= 0.6 is 0 Å². The lowest BCUT2D eigenvalue weighted by Gasteiger charge is -2.28. The Kier molecular flexibility index (Phi) is 4.13. The van der Waals surface area contributed by atoms with Gasteiger partial charge in [0, 0.05) is 5.69 Å². The van der Waals surface area contributed by atoms with Crippen LogP contribution in [-0.2, 0) is 12.8 Å². The highest BCUT2D eigenvalue weighted by molar-refractivity contribution is 5.97. The van der Waals surface area contributed by atoms with Gasteiger partial charge in [-0.15, -0.1) is 0 Å². The first kappa shape index (κ1) is 14.4. The third-order valence-corrected chi connectivity index (χ3v) is 4.80. The molecular formula is C17H25N3O. The van der Waals surface area contributed by atoms with Crippen molar-refractivity contribution in [2.24, 2.45) is 11.7 Å². The fourth-order valence-electron chi connectivity index (χ4n) is 3.40. The number of aryl methyl sites for hydroxylation is 2. The molecule has 2 aliphatic carbocycles. The zero-order valence-corrected chi connectivity index (χ0v) is 12.8. The van der Waals surface area contributed by atoms with Crippen molar-refractivity contribution in [3.05, 3.63) is 22.9 Å². The Balaban J connectivity index is 1.84. The molecule has 4 nitrogen and oxygen atoms in total. The molecule has 0 aromatic carbocycles. The van der Waals surface area contributed by atoms with Gasteiger partial charge < -0.3 is 10.5 Å². The van der Waals surface area contributed by atoms with E-state index in [4.69, 9.17) is 20.9 Å². The number of rotatable bonds is 3. The minimum absolute atomic E-state index is 0.0649. The molecule has 0 atom stereocenters. The molecule has 1 aromatic heterocycles. The van der Waals surface area contributed by atoms with Crippen LogP contribution in [0.2, 0.25) is 0 Å². The highest BCUT2D eigenvalue weighted by Gasteiger charge is 2.23. The van der Waals surface area contributed by atoms with Crippen molar-refractivity contribution in [3.8, 4) is 5.88 Å². The Bertz CT molecular complexity index is 533. The lowest BCUT2D eigenvalue weighted by atomic mass is 9.89. The Morgan fingerprint density at radius 3 is 2.67 bits per heavy atom. The third-order valence-electron chi connectivity index (χ3n) is 4.80. The smallest absolute Gasteiger partial charge is 0.225 e. The van der Waals surface area contributed by atoms with Gasteiger partial charge in [-0.3, -0.25) is 5.41 Å². The van der Waals surface area contributed by atoms with Gasteiger partial charge in [-0.05, 0) is 68.9 Å². The van der Waals surface area contributed by atoms with E-state index in [1.807, 2.05) is 6.07 Å². The molecule has 0 aliphatic heterocycles. The fraction of sp³-hybridized carbons (Fsp3) is 0.647. The van der Waals surface area contributed by atoms with Gasteiger partial charge >= 0.3 is 0 Å². The standard InChI is InChI=1S/C17H25N3O/c1-11-6-8-13(9-7-11)21-17-14(16(18)19)10-12-4-2-3-5-15(12)20-17/h10-11,13H,2-9H2,1H3,(H3,18,19). The summed E-state index contributed by atoms with van der Waals surface area (Å²) < 4.78 is 6.13. The summed E-state index contributed by atoms with van der Waals surface area (Å²) in [5, 5.41) is 7.80. The Morgan fingerprint density at radius 2 is 1.95 bits per heavy atom. The number of fused-ring (bicyclic) bond motifs is 1. The van der Waals surface area contributed by atoms with E-state index in [0.29, 0.717) is 11.4 Å². The van der Waals surface area contributed by atoms with E-state index < -0.39 is 0 Å². The van der Waals surface area contributed by atoms with Gasteiger partial charge in [0.25, 0.3) is 0 Å². The molecule has 0 spiro atoms. The van der Waals surface area contributed by atoms with Crippen LogP contribution in [0.5, 0.6) is 5.88 Å². The van der Waals surface area contributed by atoms with Gasteiger partial charge in [-0.1, -0.05) is 6.92 Å². The summed E-state index contributed by atoms with van der Waals surface area (Å²) >= 11 is 0. The molecule has 2 aliphatic rings. The average molecular weight is 287 g/mol. The van der Waals surface area contributed by atoms with Crippen LogP contribution in [-0.4, -0.2) is 16.9 Å². The van der Waals surface area contributed by atoms with Crippen molar-refractivity contribution < 1.29 is 4.74 Å². The molecule has 1 aromatic rings. The molecule has 3 N–H and O–H groups in total. The number of nitrogen functional groups attached to an aromatic ring is 1. The minimum Gasteiger partial charge on any atom is -0.474 e. The maximum absolute atomic E-state index is 7.80. The van der Waals surface area contributed by atoms with E-state index in [-0.39, 0.29) is 11.9 Å². The normalized spacial score (nSPS) is 25.2. The van der Waals surface area contributed by atoms with Crippen LogP contribution in [0.25, 0.3) is 0 Å². The molecule has 4 heteroatoms. The number of ether oxygens (including phenoxy) is 1. The molecule has 1 heterocycles. The first-order chi connectivity index (χ1) is 10.1. The number of amidine groups is 1. The molecule has 3 rings (SSSR count). The second-order valence-electron chi connectivity index (χ2n) is 6.57. The fourth-order valence-corrected chi connectivity index (χ4v) is 3.40. The monoisotopic (exact) mass is 287 g/mol. The summed E-state index contributed by atoms with van der Waals surface area (Å²) in [7, 11) is 0. The number of nitrogens with two attached hydrogens (primary N) is 1. The van der Waals surface area contributed by atoms with Crippen molar-refractivity contribution in [3.63, 3.8) is 0 Å². The minimum atomic E-state index is 0.0649. The predicted molar refractivity (Wildman–Crippen MR) is 83.9 cm³/mol. The quantitative estimate of drug-likeness (QED) is 0.662. The van der Waals surface area contributed by atoms with Gasteiger partial charge in [-0.2, -0.15) is 0 Å². The maximum Gasteiger partial charge on any atom is 0.225 e. The van der Waals surface area contributed by atoms with E-state index in [0.717, 1.165) is 37.3 Å². The zero-order valence-electron chi connectivity index (χ0n) is 12.8. The summed E-state index contributed by atoms with van der Waals surface area (Å²) in [6.45, 7) is 2.30. The first-order valence-electron chi connectivity index (χ1n) is 8.17. The van der Waals surface area contributed by atoms with Crippen molar-refractivity contribution in [2.75, 3.05) is 0 Å². The first-order valence-corrected chi connectivity index (χ1v) is 8.17. The van der Waals surface area contributed by atoms with Crippen molar-refractivity contribution >= 4 is 5.84 Å². The maximum atomic E-state index is 7.80. The highest BCUT2D eigenvalue weighted by atomic mass is 16.5. The average Bonchev–Trinajstić information content (AvgIpc) is 2.48. The summed E-state index contributed by atoms with van der Waals surface area (Å²) in [6, 6.07) is 2.03. The van der Waals surface area contributed by atoms with E-state index in [1.165, 1.54) is 31.2 Å². The summed E-state index contributed by atoms with van der Waals surface area (Å²) in [5.74, 6) is 1.45.